The molecule has 2 unspecified atom stereocenters. The summed E-state index contributed by atoms with van der Waals surface area (Å²) in [5, 5.41) is 0. The Morgan fingerprint density at radius 3 is 3.11 bits per heavy atom. The second-order valence-electron chi connectivity index (χ2n) is 4.40. The maximum atomic E-state index is 5.75. The lowest BCUT2D eigenvalue weighted by atomic mass is 9.91. The second kappa shape index (κ2) is 5.40. The van der Waals surface area contributed by atoms with Crippen LogP contribution in [0, 0.1) is 0 Å². The molecule has 18 heavy (non-hydrogen) atoms. The maximum absolute atomic E-state index is 5.75. The van der Waals surface area contributed by atoms with E-state index in [-0.39, 0.29) is 6.04 Å². The summed E-state index contributed by atoms with van der Waals surface area (Å²) in [4.78, 5) is 6.81. The Morgan fingerprint density at radius 2 is 2.33 bits per heavy atom. The van der Waals surface area contributed by atoms with Crippen molar-refractivity contribution in [1.82, 2.24) is 10.4 Å². The Morgan fingerprint density at radius 1 is 1.44 bits per heavy atom. The molecule has 5 heteroatoms. The van der Waals surface area contributed by atoms with Gasteiger partial charge in [0.2, 0.25) is 0 Å². The highest BCUT2D eigenvalue weighted by molar-refractivity contribution is 7.99. The molecule has 3 rings (SSSR count). The number of nitrogens with two attached hydrogens (primary N) is 1. The predicted molar refractivity (Wildman–Crippen MR) is 76.8 cm³/mol. The van der Waals surface area contributed by atoms with Crippen molar-refractivity contribution in [1.29, 1.82) is 0 Å². The van der Waals surface area contributed by atoms with Crippen molar-refractivity contribution in [3.63, 3.8) is 0 Å². The molecular formula is C13H15N3S2. The lowest BCUT2D eigenvalue weighted by molar-refractivity contribution is 0.465. The fourth-order valence-electron chi connectivity index (χ4n) is 2.40. The minimum atomic E-state index is 0.279. The zero-order valence-corrected chi connectivity index (χ0v) is 11.5. The van der Waals surface area contributed by atoms with Gasteiger partial charge >= 0.3 is 0 Å². The van der Waals surface area contributed by atoms with Crippen LogP contribution in [0.2, 0.25) is 0 Å². The maximum Gasteiger partial charge on any atom is 0.0794 e. The number of aromatic nitrogens is 1. The van der Waals surface area contributed by atoms with Crippen molar-refractivity contribution in [2.75, 3.05) is 5.75 Å². The lowest BCUT2D eigenvalue weighted by Gasteiger charge is -2.22. The summed E-state index contributed by atoms with van der Waals surface area (Å²) in [5.41, 5.74) is 6.29. The van der Waals surface area contributed by atoms with Crippen molar-refractivity contribution in [2.45, 2.75) is 23.3 Å². The van der Waals surface area contributed by atoms with Gasteiger partial charge in [-0.15, -0.1) is 23.1 Å². The topological polar surface area (TPSA) is 50.9 Å². The SMILES string of the molecule is NNC(Cc1cncs1)C1CSc2ccccc21. The number of fused-ring (bicyclic) bond motifs is 1. The molecule has 2 atom stereocenters. The molecule has 0 amide bonds. The molecule has 0 aliphatic carbocycles. The van der Waals surface area contributed by atoms with Crippen molar-refractivity contribution in [3.05, 3.63) is 46.4 Å². The standard InChI is InChI=1S/C13H15N3S2/c14-16-12(5-9-6-15-8-18-9)11-7-17-13-4-2-1-3-10(11)13/h1-4,6,8,11-12,16H,5,7,14H2. The van der Waals surface area contributed by atoms with Gasteiger partial charge in [0.25, 0.3) is 0 Å². The van der Waals surface area contributed by atoms with Crippen LogP contribution in [-0.4, -0.2) is 16.8 Å². The molecule has 0 bridgehead atoms. The molecule has 0 fully saturated rings. The third-order valence-corrected chi connectivity index (χ3v) is 5.35. The smallest absolute Gasteiger partial charge is 0.0794 e. The fraction of sp³-hybridized carbons (Fsp3) is 0.308. The average molecular weight is 277 g/mol. The third-order valence-electron chi connectivity index (χ3n) is 3.34. The number of hydrogen-bond donors (Lipinski definition) is 2. The molecular weight excluding hydrogens is 262 g/mol. The van der Waals surface area contributed by atoms with Gasteiger partial charge in [-0.25, -0.2) is 0 Å². The van der Waals surface area contributed by atoms with Gasteiger partial charge in [-0.2, -0.15) is 0 Å². The van der Waals surface area contributed by atoms with Crippen molar-refractivity contribution < 1.29 is 0 Å². The van der Waals surface area contributed by atoms with Crippen LogP contribution in [0.3, 0.4) is 0 Å². The molecule has 3 nitrogen and oxygen atoms in total. The molecule has 1 aliphatic rings. The Hall–Kier alpha value is -0.880. The van der Waals surface area contributed by atoms with Crippen LogP contribution >= 0.6 is 23.1 Å². The molecule has 2 heterocycles. The molecule has 1 aliphatic heterocycles. The summed E-state index contributed by atoms with van der Waals surface area (Å²) in [6.07, 6.45) is 2.88. The van der Waals surface area contributed by atoms with E-state index >= 15 is 0 Å². The Labute approximate surface area is 115 Å². The zero-order chi connectivity index (χ0) is 12.4. The number of rotatable bonds is 4. The van der Waals surface area contributed by atoms with Crippen LogP contribution in [0.5, 0.6) is 0 Å². The van der Waals surface area contributed by atoms with Gasteiger partial charge in [-0.05, 0) is 11.6 Å². The number of thiazole rings is 1. The normalized spacial score (nSPS) is 19.7. The van der Waals surface area contributed by atoms with E-state index in [1.807, 2.05) is 23.5 Å². The Balaban J connectivity index is 1.81. The van der Waals surface area contributed by atoms with Gasteiger partial charge < -0.3 is 0 Å². The van der Waals surface area contributed by atoms with Crippen LogP contribution in [0.1, 0.15) is 16.4 Å². The summed E-state index contributed by atoms with van der Waals surface area (Å²) in [7, 11) is 0. The highest BCUT2D eigenvalue weighted by atomic mass is 32.2. The molecule has 0 radical (unpaired) electrons. The molecule has 1 aromatic heterocycles. The van der Waals surface area contributed by atoms with E-state index in [9.17, 15) is 0 Å². The predicted octanol–water partition coefficient (Wildman–Crippen LogP) is 2.41. The number of benzene rings is 1. The van der Waals surface area contributed by atoms with Gasteiger partial charge in [-0.3, -0.25) is 16.3 Å². The fourth-order valence-corrected chi connectivity index (χ4v) is 4.38. The number of nitrogens with one attached hydrogen (secondary N) is 1. The number of hydrazine groups is 1. The molecule has 94 valence electrons. The Bertz CT molecular complexity index is 513. The summed E-state index contributed by atoms with van der Waals surface area (Å²) >= 11 is 3.62. The second-order valence-corrected chi connectivity index (χ2v) is 6.43. The van der Waals surface area contributed by atoms with Gasteiger partial charge in [0.15, 0.2) is 0 Å². The van der Waals surface area contributed by atoms with Crippen LogP contribution in [0.4, 0.5) is 0 Å². The number of thioether (sulfide) groups is 1. The van der Waals surface area contributed by atoms with Crippen LogP contribution in [0.15, 0.2) is 40.9 Å². The summed E-state index contributed by atoms with van der Waals surface area (Å²) in [5.74, 6) is 7.34. The first-order valence-corrected chi connectivity index (χ1v) is 7.80. The van der Waals surface area contributed by atoms with E-state index in [4.69, 9.17) is 5.84 Å². The first-order valence-electron chi connectivity index (χ1n) is 5.93. The third kappa shape index (κ3) is 2.31. The van der Waals surface area contributed by atoms with E-state index in [0.29, 0.717) is 5.92 Å². The summed E-state index contributed by atoms with van der Waals surface area (Å²) in [6.45, 7) is 0. The quantitative estimate of drug-likeness (QED) is 0.665. The van der Waals surface area contributed by atoms with E-state index in [1.54, 1.807) is 11.3 Å². The molecule has 1 aromatic carbocycles. The van der Waals surface area contributed by atoms with Crippen LogP contribution in [0.25, 0.3) is 0 Å². The van der Waals surface area contributed by atoms with Gasteiger partial charge in [0, 0.05) is 40.1 Å². The summed E-state index contributed by atoms with van der Waals surface area (Å²) < 4.78 is 0. The molecule has 0 spiro atoms. The van der Waals surface area contributed by atoms with E-state index in [0.717, 1.165) is 12.2 Å². The number of hydrogen-bond acceptors (Lipinski definition) is 5. The van der Waals surface area contributed by atoms with Crippen molar-refractivity contribution in [2.24, 2.45) is 5.84 Å². The van der Waals surface area contributed by atoms with Crippen LogP contribution < -0.4 is 11.3 Å². The van der Waals surface area contributed by atoms with Crippen molar-refractivity contribution >= 4 is 23.1 Å². The first-order chi connectivity index (χ1) is 8.88. The lowest BCUT2D eigenvalue weighted by Crippen LogP contribution is -2.41. The van der Waals surface area contributed by atoms with E-state index in [2.05, 4.69) is 34.7 Å². The molecule has 0 saturated heterocycles. The zero-order valence-electron chi connectivity index (χ0n) is 9.87. The van der Waals surface area contributed by atoms with Crippen LogP contribution in [-0.2, 0) is 6.42 Å². The van der Waals surface area contributed by atoms with Gasteiger partial charge in [0.05, 0.1) is 5.51 Å². The minimum Gasteiger partial charge on any atom is -0.271 e. The molecule has 0 saturated carbocycles. The summed E-state index contributed by atoms with van der Waals surface area (Å²) in [6, 6.07) is 8.90. The minimum absolute atomic E-state index is 0.279. The molecule has 3 N–H and O–H groups in total. The first kappa shape index (κ1) is 12.2. The Kier molecular flexibility index (Phi) is 3.65. The van der Waals surface area contributed by atoms with Gasteiger partial charge in [0.1, 0.15) is 0 Å². The largest absolute Gasteiger partial charge is 0.271 e. The highest BCUT2D eigenvalue weighted by Gasteiger charge is 2.29. The van der Waals surface area contributed by atoms with Crippen molar-refractivity contribution in [3.8, 4) is 0 Å². The molecule has 2 aromatic rings. The van der Waals surface area contributed by atoms with E-state index in [1.165, 1.54) is 15.3 Å². The number of nitrogens with zero attached hydrogens (tertiary/aromatic N) is 1. The monoisotopic (exact) mass is 277 g/mol. The van der Waals surface area contributed by atoms with Gasteiger partial charge in [-0.1, -0.05) is 18.2 Å². The highest BCUT2D eigenvalue weighted by Crippen LogP contribution is 2.41. The van der Waals surface area contributed by atoms with E-state index < -0.39 is 0 Å². The average Bonchev–Trinajstić information content (AvgIpc) is 3.05.